The molecule has 126 valence electrons. The molecule has 0 spiro atoms. The zero-order chi connectivity index (χ0) is 16.7. The molecule has 0 aliphatic carbocycles. The van der Waals surface area contributed by atoms with Crippen molar-refractivity contribution in [3.63, 3.8) is 0 Å². The zero-order valence-corrected chi connectivity index (χ0v) is 14.5. The normalized spacial score (nSPS) is 23.5. The van der Waals surface area contributed by atoms with E-state index in [1.54, 1.807) is 0 Å². The Labute approximate surface area is 143 Å². The van der Waals surface area contributed by atoms with E-state index in [9.17, 15) is 4.79 Å². The molecule has 2 saturated heterocycles. The molecule has 1 aromatic heterocycles. The fourth-order valence-corrected chi connectivity index (χ4v) is 4.19. The number of amides is 1. The second-order valence-electron chi connectivity index (χ2n) is 7.19. The van der Waals surface area contributed by atoms with Gasteiger partial charge in [-0.3, -0.25) is 9.78 Å². The van der Waals surface area contributed by atoms with Crippen LogP contribution in [0.15, 0.2) is 24.3 Å². The molecular weight excluding hydrogens is 298 g/mol. The Morgan fingerprint density at radius 1 is 1.33 bits per heavy atom. The smallest absolute Gasteiger partial charge is 0.254 e. The van der Waals surface area contributed by atoms with E-state index in [0.717, 1.165) is 48.2 Å². The Bertz CT molecular complexity index is 772. The molecule has 4 nitrogen and oxygen atoms in total. The third-order valence-corrected chi connectivity index (χ3v) is 5.53. The molecule has 2 aliphatic heterocycles. The number of benzene rings is 1. The third-order valence-electron chi connectivity index (χ3n) is 5.53. The number of aromatic nitrogens is 1. The van der Waals surface area contributed by atoms with Crippen LogP contribution < -0.4 is 5.32 Å². The first-order valence-corrected chi connectivity index (χ1v) is 9.08. The van der Waals surface area contributed by atoms with Gasteiger partial charge in [0.05, 0.1) is 11.1 Å². The minimum atomic E-state index is 0.162. The molecule has 4 rings (SSSR count). The molecule has 4 heteroatoms. The number of nitrogens with one attached hydrogen (secondary N) is 1. The number of likely N-dealkylation sites (tertiary alicyclic amines) is 1. The standard InChI is InChI=1S/C20H25N3O/c1-3-14-6-7-18-16(10-14)17(9-13(2)22-18)20(24)23-11-15-5-4-8-21-19(15)12-23/h6-7,9-10,15,19,21H,3-5,8,11-12H2,1-2H3. The first-order chi connectivity index (χ1) is 11.7. The minimum Gasteiger partial charge on any atom is -0.337 e. The largest absolute Gasteiger partial charge is 0.337 e. The fourth-order valence-electron chi connectivity index (χ4n) is 4.19. The molecule has 0 bridgehead atoms. The predicted octanol–water partition coefficient (Wildman–Crippen LogP) is 2.93. The van der Waals surface area contributed by atoms with Crippen molar-refractivity contribution in [3.05, 3.63) is 41.1 Å². The maximum atomic E-state index is 13.2. The van der Waals surface area contributed by atoms with Crippen LogP contribution >= 0.6 is 0 Å². The average molecular weight is 323 g/mol. The summed E-state index contributed by atoms with van der Waals surface area (Å²) < 4.78 is 0. The molecule has 1 aromatic carbocycles. The molecule has 2 atom stereocenters. The number of aryl methyl sites for hydroxylation is 2. The van der Waals surface area contributed by atoms with Gasteiger partial charge in [0.2, 0.25) is 0 Å². The number of fused-ring (bicyclic) bond motifs is 2. The molecule has 2 unspecified atom stereocenters. The van der Waals surface area contributed by atoms with Crippen molar-refractivity contribution < 1.29 is 4.79 Å². The second kappa shape index (κ2) is 6.17. The summed E-state index contributed by atoms with van der Waals surface area (Å²) in [7, 11) is 0. The number of hydrogen-bond acceptors (Lipinski definition) is 3. The summed E-state index contributed by atoms with van der Waals surface area (Å²) in [5, 5.41) is 4.57. The number of carbonyl (C=O) groups excluding carboxylic acids is 1. The molecule has 2 fully saturated rings. The average Bonchev–Trinajstić information content (AvgIpc) is 3.04. The molecule has 2 aliphatic rings. The summed E-state index contributed by atoms with van der Waals surface area (Å²) in [5.74, 6) is 0.776. The molecule has 1 N–H and O–H groups in total. The maximum Gasteiger partial charge on any atom is 0.254 e. The Hall–Kier alpha value is -1.94. The van der Waals surface area contributed by atoms with Crippen LogP contribution in [0, 0.1) is 12.8 Å². The van der Waals surface area contributed by atoms with Gasteiger partial charge in [-0.05, 0) is 62.4 Å². The van der Waals surface area contributed by atoms with Crippen LogP contribution in [0.1, 0.15) is 41.4 Å². The molecular formula is C20H25N3O. The van der Waals surface area contributed by atoms with Crippen LogP contribution in [0.4, 0.5) is 0 Å². The van der Waals surface area contributed by atoms with Crippen LogP contribution in [-0.2, 0) is 6.42 Å². The molecule has 1 amide bonds. The van der Waals surface area contributed by atoms with Gasteiger partial charge in [-0.25, -0.2) is 0 Å². The van der Waals surface area contributed by atoms with E-state index in [1.807, 2.05) is 24.0 Å². The van der Waals surface area contributed by atoms with Crippen molar-refractivity contribution in [1.29, 1.82) is 0 Å². The molecule has 0 radical (unpaired) electrons. The SMILES string of the molecule is CCc1ccc2nc(C)cc(C(=O)N3CC4CCCNC4C3)c2c1. The number of piperidine rings is 1. The van der Waals surface area contributed by atoms with Crippen molar-refractivity contribution in [1.82, 2.24) is 15.2 Å². The highest BCUT2D eigenvalue weighted by molar-refractivity contribution is 6.06. The maximum absolute atomic E-state index is 13.2. The highest BCUT2D eigenvalue weighted by Crippen LogP contribution is 2.28. The van der Waals surface area contributed by atoms with Crippen molar-refractivity contribution in [2.45, 2.75) is 39.2 Å². The molecule has 24 heavy (non-hydrogen) atoms. The van der Waals surface area contributed by atoms with Gasteiger partial charge in [0, 0.05) is 30.2 Å². The van der Waals surface area contributed by atoms with E-state index in [1.165, 1.54) is 18.4 Å². The van der Waals surface area contributed by atoms with Crippen LogP contribution in [0.2, 0.25) is 0 Å². The Morgan fingerprint density at radius 2 is 2.21 bits per heavy atom. The van der Waals surface area contributed by atoms with Crippen LogP contribution in [0.3, 0.4) is 0 Å². The summed E-state index contributed by atoms with van der Waals surface area (Å²) in [5.41, 5.74) is 3.89. The summed E-state index contributed by atoms with van der Waals surface area (Å²) in [6.07, 6.45) is 3.42. The lowest BCUT2D eigenvalue weighted by Crippen LogP contribution is -2.41. The van der Waals surface area contributed by atoms with E-state index in [4.69, 9.17) is 0 Å². The van der Waals surface area contributed by atoms with Gasteiger partial charge in [0.15, 0.2) is 0 Å². The third kappa shape index (κ3) is 2.69. The van der Waals surface area contributed by atoms with Crippen LogP contribution in [0.25, 0.3) is 10.9 Å². The zero-order valence-electron chi connectivity index (χ0n) is 14.5. The number of pyridine rings is 1. The van der Waals surface area contributed by atoms with Gasteiger partial charge in [-0.2, -0.15) is 0 Å². The topological polar surface area (TPSA) is 45.2 Å². The van der Waals surface area contributed by atoms with Crippen molar-refractivity contribution in [2.75, 3.05) is 19.6 Å². The van der Waals surface area contributed by atoms with Crippen molar-refractivity contribution in [3.8, 4) is 0 Å². The van der Waals surface area contributed by atoms with Gasteiger partial charge in [0.1, 0.15) is 0 Å². The molecule has 0 saturated carbocycles. The van der Waals surface area contributed by atoms with E-state index in [2.05, 4.69) is 29.4 Å². The number of nitrogens with zero attached hydrogens (tertiary/aromatic N) is 2. The highest BCUT2D eigenvalue weighted by atomic mass is 16.2. The van der Waals surface area contributed by atoms with Gasteiger partial charge < -0.3 is 10.2 Å². The Balaban J connectivity index is 1.71. The van der Waals surface area contributed by atoms with Gasteiger partial charge in [0.25, 0.3) is 5.91 Å². The monoisotopic (exact) mass is 323 g/mol. The molecule has 3 heterocycles. The van der Waals surface area contributed by atoms with Crippen LogP contribution in [0.5, 0.6) is 0 Å². The summed E-state index contributed by atoms with van der Waals surface area (Å²) in [6.45, 7) is 6.91. The summed E-state index contributed by atoms with van der Waals surface area (Å²) >= 11 is 0. The number of rotatable bonds is 2. The second-order valence-corrected chi connectivity index (χ2v) is 7.19. The lowest BCUT2D eigenvalue weighted by molar-refractivity contribution is 0.0787. The van der Waals surface area contributed by atoms with Gasteiger partial charge in [-0.15, -0.1) is 0 Å². The first kappa shape index (κ1) is 15.6. The van der Waals surface area contributed by atoms with Crippen LogP contribution in [-0.4, -0.2) is 41.5 Å². The number of carbonyl (C=O) groups is 1. The predicted molar refractivity (Wildman–Crippen MR) is 96.3 cm³/mol. The molecule has 2 aromatic rings. The van der Waals surface area contributed by atoms with Crippen molar-refractivity contribution >= 4 is 16.8 Å². The highest BCUT2D eigenvalue weighted by Gasteiger charge is 2.37. The van der Waals surface area contributed by atoms with E-state index >= 15 is 0 Å². The van der Waals surface area contributed by atoms with E-state index in [0.29, 0.717) is 12.0 Å². The fraction of sp³-hybridized carbons (Fsp3) is 0.500. The number of hydrogen-bond donors (Lipinski definition) is 1. The van der Waals surface area contributed by atoms with Gasteiger partial charge in [-0.1, -0.05) is 13.0 Å². The quantitative estimate of drug-likeness (QED) is 0.924. The Kier molecular flexibility index (Phi) is 4.01. The van der Waals surface area contributed by atoms with E-state index < -0.39 is 0 Å². The van der Waals surface area contributed by atoms with E-state index in [-0.39, 0.29) is 5.91 Å². The summed E-state index contributed by atoms with van der Waals surface area (Å²) in [6, 6.07) is 8.72. The summed E-state index contributed by atoms with van der Waals surface area (Å²) in [4.78, 5) is 19.9. The first-order valence-electron chi connectivity index (χ1n) is 9.08. The van der Waals surface area contributed by atoms with Crippen molar-refractivity contribution in [2.24, 2.45) is 5.92 Å². The van der Waals surface area contributed by atoms with Gasteiger partial charge >= 0.3 is 0 Å². The lowest BCUT2D eigenvalue weighted by atomic mass is 9.94. The minimum absolute atomic E-state index is 0.162. The lowest BCUT2D eigenvalue weighted by Gasteiger charge is -2.24. The Morgan fingerprint density at radius 3 is 3.00 bits per heavy atom.